The largest absolute Gasteiger partial charge is 0.324 e. The predicted molar refractivity (Wildman–Crippen MR) is 83.3 cm³/mol. The Morgan fingerprint density at radius 3 is 2.60 bits per heavy atom. The molecule has 0 amide bonds. The highest BCUT2D eigenvalue weighted by Crippen LogP contribution is 2.53. The number of rotatable bonds is 3. The molecule has 0 spiro atoms. The Morgan fingerprint density at radius 1 is 1.20 bits per heavy atom. The second-order valence-electron chi connectivity index (χ2n) is 5.21. The second-order valence-corrected chi connectivity index (χ2v) is 6.44. The lowest BCUT2D eigenvalue weighted by Gasteiger charge is -2.14. The normalized spacial score (nSPS) is 22.6. The molecular weight excluding hydrogens is 341 g/mol. The molecule has 0 aromatic heterocycles. The van der Waals surface area contributed by atoms with Crippen LogP contribution in [0.3, 0.4) is 0 Å². The Balaban J connectivity index is 1.82. The molecule has 0 heterocycles. The van der Waals surface area contributed by atoms with E-state index >= 15 is 0 Å². The van der Waals surface area contributed by atoms with Gasteiger partial charge in [0.05, 0.1) is 5.02 Å². The van der Waals surface area contributed by atoms with Crippen molar-refractivity contribution in [3.05, 3.63) is 68.9 Å². The van der Waals surface area contributed by atoms with Crippen molar-refractivity contribution in [1.82, 2.24) is 0 Å². The van der Waals surface area contributed by atoms with Crippen LogP contribution in [0.25, 0.3) is 0 Å². The Labute approximate surface area is 131 Å². The molecule has 0 bridgehead atoms. The molecule has 3 atom stereocenters. The third kappa shape index (κ3) is 2.50. The summed E-state index contributed by atoms with van der Waals surface area (Å²) in [4.78, 5) is 0. The van der Waals surface area contributed by atoms with Gasteiger partial charge >= 0.3 is 0 Å². The average molecular weight is 355 g/mol. The van der Waals surface area contributed by atoms with Crippen LogP contribution in [0.15, 0.2) is 46.9 Å². The highest BCUT2D eigenvalue weighted by molar-refractivity contribution is 9.10. The molecule has 1 aliphatic rings. The van der Waals surface area contributed by atoms with Crippen molar-refractivity contribution in [2.24, 2.45) is 11.7 Å². The van der Waals surface area contributed by atoms with E-state index in [9.17, 15) is 4.39 Å². The summed E-state index contributed by atoms with van der Waals surface area (Å²) in [5, 5.41) is 0.106. The van der Waals surface area contributed by atoms with E-state index in [0.717, 1.165) is 6.42 Å². The fraction of sp³-hybridized carbons (Fsp3) is 0.250. The van der Waals surface area contributed by atoms with Crippen LogP contribution in [0.1, 0.15) is 29.5 Å². The van der Waals surface area contributed by atoms with Gasteiger partial charge in [0.1, 0.15) is 5.82 Å². The number of halogens is 3. The van der Waals surface area contributed by atoms with Crippen molar-refractivity contribution in [3.63, 3.8) is 0 Å². The van der Waals surface area contributed by atoms with Gasteiger partial charge in [-0.3, -0.25) is 0 Å². The maximum Gasteiger partial charge on any atom is 0.147 e. The summed E-state index contributed by atoms with van der Waals surface area (Å²) >= 11 is 9.15. The van der Waals surface area contributed by atoms with E-state index in [-0.39, 0.29) is 17.0 Å². The third-order valence-electron chi connectivity index (χ3n) is 3.95. The zero-order valence-corrected chi connectivity index (χ0v) is 13.0. The molecule has 1 saturated carbocycles. The van der Waals surface area contributed by atoms with Gasteiger partial charge in [-0.15, -0.1) is 0 Å². The standard InChI is InChI=1S/C16H14BrClFN/c17-13-7-6-10(15(19)14(13)18)16(20)12-8-11(12)9-4-2-1-3-5-9/h1-7,11-12,16H,8,20H2. The van der Waals surface area contributed by atoms with Crippen LogP contribution in [0, 0.1) is 11.7 Å². The lowest BCUT2D eigenvalue weighted by Crippen LogP contribution is -2.15. The van der Waals surface area contributed by atoms with E-state index < -0.39 is 5.82 Å². The topological polar surface area (TPSA) is 26.0 Å². The lowest BCUT2D eigenvalue weighted by atomic mass is 9.99. The van der Waals surface area contributed by atoms with Crippen molar-refractivity contribution in [2.45, 2.75) is 18.4 Å². The molecule has 3 unspecified atom stereocenters. The summed E-state index contributed by atoms with van der Waals surface area (Å²) < 4.78 is 14.7. The first kappa shape index (κ1) is 14.1. The van der Waals surface area contributed by atoms with Crippen LogP contribution in [0.4, 0.5) is 4.39 Å². The minimum absolute atomic E-state index is 0.106. The van der Waals surface area contributed by atoms with E-state index in [0.29, 0.717) is 16.0 Å². The molecule has 104 valence electrons. The highest BCUT2D eigenvalue weighted by atomic mass is 79.9. The molecule has 0 aliphatic heterocycles. The van der Waals surface area contributed by atoms with Gasteiger partial charge in [0.25, 0.3) is 0 Å². The fourth-order valence-electron chi connectivity index (χ4n) is 2.72. The molecule has 3 rings (SSSR count). The molecule has 2 N–H and O–H groups in total. The van der Waals surface area contributed by atoms with Crippen LogP contribution >= 0.6 is 27.5 Å². The van der Waals surface area contributed by atoms with Crippen LogP contribution in [-0.4, -0.2) is 0 Å². The second kappa shape index (κ2) is 5.47. The third-order valence-corrected chi connectivity index (χ3v) is 5.21. The van der Waals surface area contributed by atoms with Crippen molar-refractivity contribution in [3.8, 4) is 0 Å². The first-order valence-electron chi connectivity index (χ1n) is 6.53. The lowest BCUT2D eigenvalue weighted by molar-refractivity contribution is 0.546. The van der Waals surface area contributed by atoms with Crippen molar-refractivity contribution in [2.75, 3.05) is 0 Å². The molecule has 1 fully saturated rings. The van der Waals surface area contributed by atoms with Gasteiger partial charge in [-0.25, -0.2) is 4.39 Å². The van der Waals surface area contributed by atoms with Gasteiger partial charge in [0.2, 0.25) is 0 Å². The van der Waals surface area contributed by atoms with Crippen molar-refractivity contribution < 1.29 is 4.39 Å². The van der Waals surface area contributed by atoms with Crippen LogP contribution in [-0.2, 0) is 0 Å². The average Bonchev–Trinajstić information content (AvgIpc) is 3.26. The molecule has 2 aromatic carbocycles. The Kier molecular flexibility index (Phi) is 3.85. The van der Waals surface area contributed by atoms with E-state index in [1.807, 2.05) is 18.2 Å². The molecular formula is C16H14BrClFN. The smallest absolute Gasteiger partial charge is 0.147 e. The summed E-state index contributed by atoms with van der Waals surface area (Å²) in [5.74, 6) is 0.296. The van der Waals surface area contributed by atoms with E-state index in [4.69, 9.17) is 17.3 Å². The van der Waals surface area contributed by atoms with E-state index in [2.05, 4.69) is 28.1 Å². The van der Waals surface area contributed by atoms with Crippen LogP contribution in [0.2, 0.25) is 5.02 Å². The van der Waals surface area contributed by atoms with Gasteiger partial charge in [-0.2, -0.15) is 0 Å². The van der Waals surface area contributed by atoms with Crippen LogP contribution < -0.4 is 5.73 Å². The molecule has 1 aliphatic carbocycles. The molecule has 20 heavy (non-hydrogen) atoms. The maximum atomic E-state index is 14.2. The zero-order valence-electron chi connectivity index (χ0n) is 10.7. The summed E-state index contributed by atoms with van der Waals surface area (Å²) in [6.07, 6.45) is 0.998. The summed E-state index contributed by atoms with van der Waals surface area (Å²) in [6.45, 7) is 0. The number of benzene rings is 2. The van der Waals surface area contributed by atoms with Crippen molar-refractivity contribution in [1.29, 1.82) is 0 Å². The molecule has 1 nitrogen and oxygen atoms in total. The number of hydrogen-bond donors (Lipinski definition) is 1. The molecule has 4 heteroatoms. The highest BCUT2D eigenvalue weighted by Gasteiger charge is 2.43. The Morgan fingerprint density at radius 2 is 1.90 bits per heavy atom. The minimum Gasteiger partial charge on any atom is -0.324 e. The quantitative estimate of drug-likeness (QED) is 0.767. The summed E-state index contributed by atoms with van der Waals surface area (Å²) in [7, 11) is 0. The molecule has 2 aromatic rings. The van der Waals surface area contributed by atoms with Gasteiger partial charge in [-0.05, 0) is 45.8 Å². The van der Waals surface area contributed by atoms with E-state index in [1.54, 1.807) is 12.1 Å². The number of nitrogens with two attached hydrogens (primary N) is 1. The molecule has 0 radical (unpaired) electrons. The Hall–Kier alpha value is -0.900. The van der Waals surface area contributed by atoms with Gasteiger partial charge in [0.15, 0.2) is 0 Å². The SMILES string of the molecule is NC(c1ccc(Br)c(Cl)c1F)C1CC1c1ccccc1. The molecule has 0 saturated heterocycles. The predicted octanol–water partition coefficient (Wildman–Crippen LogP) is 5.05. The van der Waals surface area contributed by atoms with Crippen molar-refractivity contribution >= 4 is 27.5 Å². The first-order valence-corrected chi connectivity index (χ1v) is 7.70. The van der Waals surface area contributed by atoms with E-state index in [1.165, 1.54) is 5.56 Å². The maximum absolute atomic E-state index is 14.2. The Bertz CT molecular complexity index is 632. The minimum atomic E-state index is -0.410. The summed E-state index contributed by atoms with van der Waals surface area (Å²) in [6, 6.07) is 13.4. The summed E-state index contributed by atoms with van der Waals surface area (Å²) in [5.41, 5.74) is 8.01. The van der Waals surface area contributed by atoms with Gasteiger partial charge < -0.3 is 5.73 Å². The van der Waals surface area contributed by atoms with Gasteiger partial charge in [0, 0.05) is 16.1 Å². The zero-order chi connectivity index (χ0) is 14.3. The van der Waals surface area contributed by atoms with Gasteiger partial charge in [-0.1, -0.05) is 48.0 Å². The monoisotopic (exact) mass is 353 g/mol. The van der Waals surface area contributed by atoms with Crippen LogP contribution in [0.5, 0.6) is 0 Å². The number of hydrogen-bond acceptors (Lipinski definition) is 1. The first-order chi connectivity index (χ1) is 9.59. The fourth-order valence-corrected chi connectivity index (χ4v) is 3.20.